The van der Waals surface area contributed by atoms with Crippen LogP contribution in [0.1, 0.15) is 11.3 Å². The van der Waals surface area contributed by atoms with E-state index < -0.39 is 0 Å². The minimum absolute atomic E-state index is 0.126. The molecule has 0 radical (unpaired) electrons. The molecular weight excluding hydrogens is 254 g/mol. The number of anilines is 2. The Morgan fingerprint density at radius 2 is 2.10 bits per heavy atom. The second-order valence-corrected chi connectivity index (χ2v) is 4.67. The fourth-order valence-electron chi connectivity index (χ4n) is 2.22. The first kappa shape index (κ1) is 12.4. The SMILES string of the molecule is Nc1ncc2c(n1)CN(C(=O)Nc1ccccc1)CC2. The predicted octanol–water partition coefficient (Wildman–Crippen LogP) is 1.65. The van der Waals surface area contributed by atoms with Crippen molar-refractivity contribution in [1.82, 2.24) is 14.9 Å². The highest BCUT2D eigenvalue weighted by Crippen LogP contribution is 2.18. The molecule has 102 valence electrons. The van der Waals surface area contributed by atoms with E-state index in [9.17, 15) is 4.79 Å². The van der Waals surface area contributed by atoms with Crippen molar-refractivity contribution >= 4 is 17.7 Å². The van der Waals surface area contributed by atoms with Gasteiger partial charge in [0.25, 0.3) is 0 Å². The first-order valence-electron chi connectivity index (χ1n) is 6.43. The lowest BCUT2D eigenvalue weighted by Crippen LogP contribution is -2.39. The molecule has 1 aliphatic heterocycles. The van der Waals surface area contributed by atoms with Crippen LogP contribution in [0.25, 0.3) is 0 Å². The number of urea groups is 1. The second-order valence-electron chi connectivity index (χ2n) is 4.67. The maximum atomic E-state index is 12.2. The summed E-state index contributed by atoms with van der Waals surface area (Å²) in [5.74, 6) is 0.245. The van der Waals surface area contributed by atoms with Crippen molar-refractivity contribution in [2.75, 3.05) is 17.6 Å². The molecule has 20 heavy (non-hydrogen) atoms. The normalized spacial score (nSPS) is 13.7. The topological polar surface area (TPSA) is 84.1 Å². The number of amides is 2. The van der Waals surface area contributed by atoms with Crippen LogP contribution in [-0.2, 0) is 13.0 Å². The predicted molar refractivity (Wildman–Crippen MR) is 76.0 cm³/mol. The Labute approximate surface area is 116 Å². The minimum Gasteiger partial charge on any atom is -0.368 e. The Bertz CT molecular complexity index is 629. The molecule has 0 bridgehead atoms. The second kappa shape index (κ2) is 5.16. The number of para-hydroxylation sites is 1. The monoisotopic (exact) mass is 269 g/mol. The van der Waals surface area contributed by atoms with Crippen LogP contribution in [0.3, 0.4) is 0 Å². The van der Waals surface area contributed by atoms with Gasteiger partial charge in [-0.25, -0.2) is 14.8 Å². The van der Waals surface area contributed by atoms with Crippen LogP contribution in [0.5, 0.6) is 0 Å². The highest BCUT2D eigenvalue weighted by molar-refractivity contribution is 5.89. The lowest BCUT2D eigenvalue weighted by Gasteiger charge is -2.28. The molecule has 6 heteroatoms. The summed E-state index contributed by atoms with van der Waals surface area (Å²) < 4.78 is 0. The molecule has 0 unspecified atom stereocenters. The van der Waals surface area contributed by atoms with Crippen molar-refractivity contribution < 1.29 is 4.79 Å². The lowest BCUT2D eigenvalue weighted by molar-refractivity contribution is 0.205. The van der Waals surface area contributed by atoms with Gasteiger partial charge in [-0.1, -0.05) is 18.2 Å². The number of carbonyl (C=O) groups excluding carboxylic acids is 1. The van der Waals surface area contributed by atoms with E-state index in [2.05, 4.69) is 15.3 Å². The first-order chi connectivity index (χ1) is 9.72. The van der Waals surface area contributed by atoms with Crippen LogP contribution in [-0.4, -0.2) is 27.4 Å². The molecule has 0 saturated carbocycles. The van der Waals surface area contributed by atoms with Gasteiger partial charge in [-0.2, -0.15) is 0 Å². The van der Waals surface area contributed by atoms with Gasteiger partial charge in [-0.05, 0) is 24.1 Å². The molecule has 2 heterocycles. The average Bonchev–Trinajstić information content (AvgIpc) is 2.47. The van der Waals surface area contributed by atoms with E-state index in [0.717, 1.165) is 23.4 Å². The van der Waals surface area contributed by atoms with E-state index in [0.29, 0.717) is 13.1 Å². The van der Waals surface area contributed by atoms with E-state index in [1.807, 2.05) is 30.3 Å². The van der Waals surface area contributed by atoms with Crippen molar-refractivity contribution in [3.8, 4) is 0 Å². The molecule has 3 rings (SSSR count). The van der Waals surface area contributed by atoms with Gasteiger partial charge in [0.2, 0.25) is 5.95 Å². The van der Waals surface area contributed by atoms with Gasteiger partial charge in [0.05, 0.1) is 12.2 Å². The largest absolute Gasteiger partial charge is 0.368 e. The molecular formula is C14H15N5O. The van der Waals surface area contributed by atoms with Gasteiger partial charge < -0.3 is 16.0 Å². The number of nitrogen functional groups attached to an aromatic ring is 1. The molecule has 0 spiro atoms. The molecule has 0 fully saturated rings. The van der Waals surface area contributed by atoms with Gasteiger partial charge in [-0.3, -0.25) is 0 Å². The maximum absolute atomic E-state index is 12.2. The third-order valence-electron chi connectivity index (χ3n) is 3.28. The van der Waals surface area contributed by atoms with Crippen LogP contribution in [0.15, 0.2) is 36.5 Å². The molecule has 0 atom stereocenters. The van der Waals surface area contributed by atoms with Gasteiger partial charge in [0.1, 0.15) is 0 Å². The zero-order valence-electron chi connectivity index (χ0n) is 10.9. The van der Waals surface area contributed by atoms with Gasteiger partial charge in [0.15, 0.2) is 0 Å². The summed E-state index contributed by atoms with van der Waals surface area (Å²) in [6.45, 7) is 1.11. The molecule has 2 amide bonds. The number of fused-ring (bicyclic) bond motifs is 1. The summed E-state index contributed by atoms with van der Waals surface area (Å²) in [7, 11) is 0. The molecule has 1 aliphatic rings. The molecule has 1 aromatic carbocycles. The molecule has 2 aromatic rings. The van der Waals surface area contributed by atoms with Crippen molar-refractivity contribution in [1.29, 1.82) is 0 Å². The minimum atomic E-state index is -0.126. The van der Waals surface area contributed by atoms with E-state index in [1.165, 1.54) is 0 Å². The van der Waals surface area contributed by atoms with Gasteiger partial charge in [0, 0.05) is 18.4 Å². The zero-order valence-corrected chi connectivity index (χ0v) is 10.9. The standard InChI is InChI=1S/C14H15N5O/c15-13-16-8-10-6-7-19(9-12(10)18-13)14(20)17-11-4-2-1-3-5-11/h1-5,8H,6-7,9H2,(H,17,20)(H2,15,16,18). The van der Waals surface area contributed by atoms with Crippen molar-refractivity contribution in [3.05, 3.63) is 47.8 Å². The number of aromatic nitrogens is 2. The Morgan fingerprint density at radius 3 is 2.90 bits per heavy atom. The fourth-order valence-corrected chi connectivity index (χ4v) is 2.22. The van der Waals surface area contributed by atoms with Crippen molar-refractivity contribution in [3.63, 3.8) is 0 Å². The highest BCUT2D eigenvalue weighted by atomic mass is 16.2. The lowest BCUT2D eigenvalue weighted by atomic mass is 10.1. The van der Waals surface area contributed by atoms with E-state index in [-0.39, 0.29) is 12.0 Å². The molecule has 6 nitrogen and oxygen atoms in total. The summed E-state index contributed by atoms with van der Waals surface area (Å²) in [6, 6.07) is 9.27. The van der Waals surface area contributed by atoms with E-state index >= 15 is 0 Å². The smallest absolute Gasteiger partial charge is 0.322 e. The Morgan fingerprint density at radius 1 is 1.30 bits per heavy atom. The summed E-state index contributed by atoms with van der Waals surface area (Å²) in [4.78, 5) is 22.1. The first-order valence-corrected chi connectivity index (χ1v) is 6.43. The number of rotatable bonds is 1. The number of nitrogens with two attached hydrogens (primary N) is 1. The molecule has 0 aliphatic carbocycles. The molecule has 0 saturated heterocycles. The Kier molecular flexibility index (Phi) is 3.20. The number of nitrogens with one attached hydrogen (secondary N) is 1. The Hall–Kier alpha value is -2.63. The zero-order chi connectivity index (χ0) is 13.9. The van der Waals surface area contributed by atoms with Crippen LogP contribution in [0.4, 0.5) is 16.4 Å². The Balaban J connectivity index is 1.72. The summed E-state index contributed by atoms with van der Waals surface area (Å²) in [6.07, 6.45) is 2.49. The highest BCUT2D eigenvalue weighted by Gasteiger charge is 2.22. The summed E-state index contributed by atoms with van der Waals surface area (Å²) in [5, 5.41) is 2.87. The van der Waals surface area contributed by atoms with Crippen LogP contribution >= 0.6 is 0 Å². The van der Waals surface area contributed by atoms with Crippen molar-refractivity contribution in [2.45, 2.75) is 13.0 Å². The van der Waals surface area contributed by atoms with Crippen LogP contribution < -0.4 is 11.1 Å². The average molecular weight is 269 g/mol. The number of carbonyl (C=O) groups is 1. The van der Waals surface area contributed by atoms with Crippen LogP contribution in [0.2, 0.25) is 0 Å². The fraction of sp³-hybridized carbons (Fsp3) is 0.214. The third-order valence-corrected chi connectivity index (χ3v) is 3.28. The van der Waals surface area contributed by atoms with Gasteiger partial charge in [-0.15, -0.1) is 0 Å². The quantitative estimate of drug-likeness (QED) is 0.824. The number of benzene rings is 1. The number of nitrogens with zero attached hydrogens (tertiary/aromatic N) is 3. The van der Waals surface area contributed by atoms with Gasteiger partial charge >= 0.3 is 6.03 Å². The number of hydrogen-bond acceptors (Lipinski definition) is 4. The molecule has 3 N–H and O–H groups in total. The third kappa shape index (κ3) is 2.54. The summed E-state index contributed by atoms with van der Waals surface area (Å²) >= 11 is 0. The number of hydrogen-bond donors (Lipinski definition) is 2. The van der Waals surface area contributed by atoms with Crippen molar-refractivity contribution in [2.24, 2.45) is 0 Å². The van der Waals surface area contributed by atoms with E-state index in [4.69, 9.17) is 5.73 Å². The van der Waals surface area contributed by atoms with E-state index in [1.54, 1.807) is 11.1 Å². The summed E-state index contributed by atoms with van der Waals surface area (Å²) in [5.41, 5.74) is 8.25. The van der Waals surface area contributed by atoms with Crippen LogP contribution in [0, 0.1) is 0 Å². The molecule has 1 aromatic heterocycles. The maximum Gasteiger partial charge on any atom is 0.322 e.